The van der Waals surface area contributed by atoms with Gasteiger partial charge in [0, 0.05) is 51.1 Å². The van der Waals surface area contributed by atoms with Gasteiger partial charge in [0.15, 0.2) is 0 Å². The Balaban J connectivity index is 1.34. The third-order valence-corrected chi connectivity index (χ3v) is 6.66. The quantitative estimate of drug-likeness (QED) is 0.446. The lowest BCUT2D eigenvalue weighted by Gasteiger charge is -2.29. The zero-order chi connectivity index (χ0) is 22.9. The topological polar surface area (TPSA) is 106 Å². The molecule has 1 saturated carbocycles. The molecule has 1 saturated heterocycles. The van der Waals surface area contributed by atoms with Gasteiger partial charge < -0.3 is 25.4 Å². The van der Waals surface area contributed by atoms with Gasteiger partial charge in [-0.15, -0.1) is 5.10 Å². The predicted octanol–water partition coefficient (Wildman–Crippen LogP) is 3.38. The molecule has 1 aliphatic carbocycles. The molecule has 3 N–H and O–H groups in total. The molecule has 0 bridgehead atoms. The fourth-order valence-electron chi connectivity index (χ4n) is 4.41. The largest absolute Gasteiger partial charge is 0.383 e. The maximum atomic E-state index is 6.45. The summed E-state index contributed by atoms with van der Waals surface area (Å²) in [6.45, 7) is 4.16. The van der Waals surface area contributed by atoms with Crippen LogP contribution in [0.4, 0.5) is 11.8 Å². The third-order valence-electron chi connectivity index (χ3n) is 6.38. The molecule has 10 heteroatoms. The summed E-state index contributed by atoms with van der Waals surface area (Å²) in [4.78, 5) is 9.12. The van der Waals surface area contributed by atoms with Gasteiger partial charge in [0.25, 0.3) is 0 Å². The Kier molecular flexibility index (Phi) is 9.05. The molecule has 3 heterocycles. The van der Waals surface area contributed by atoms with Crippen LogP contribution in [0.5, 0.6) is 0 Å². The van der Waals surface area contributed by atoms with Crippen LogP contribution in [0.15, 0.2) is 18.5 Å². The molecule has 33 heavy (non-hydrogen) atoms. The van der Waals surface area contributed by atoms with Crippen molar-refractivity contribution in [3.63, 3.8) is 0 Å². The Morgan fingerprint density at radius 1 is 1.09 bits per heavy atom. The van der Waals surface area contributed by atoms with Crippen molar-refractivity contribution in [2.75, 3.05) is 50.7 Å². The number of nitrogens with zero attached hydrogens (tertiary/aromatic N) is 4. The molecule has 2 aromatic rings. The predicted molar refractivity (Wildman–Crippen MR) is 130 cm³/mol. The second kappa shape index (κ2) is 12.4. The molecule has 0 spiro atoms. The van der Waals surface area contributed by atoms with Crippen molar-refractivity contribution in [3.05, 3.63) is 23.5 Å². The minimum Gasteiger partial charge on any atom is -0.383 e. The second-order valence-corrected chi connectivity index (χ2v) is 9.20. The average molecular weight is 476 g/mol. The Morgan fingerprint density at radius 3 is 2.67 bits per heavy atom. The maximum absolute atomic E-state index is 6.45. The van der Waals surface area contributed by atoms with Crippen LogP contribution in [0.2, 0.25) is 5.02 Å². The van der Waals surface area contributed by atoms with Gasteiger partial charge in [-0.05, 0) is 50.5 Å². The van der Waals surface area contributed by atoms with Crippen molar-refractivity contribution in [2.45, 2.75) is 50.6 Å². The van der Waals surface area contributed by atoms with E-state index in [1.165, 1.54) is 0 Å². The number of anilines is 2. The maximum Gasteiger partial charge on any atom is 0.223 e. The molecule has 180 valence electrons. The highest BCUT2D eigenvalue weighted by Crippen LogP contribution is 2.28. The number of hydrogen-bond acceptors (Lipinski definition) is 9. The summed E-state index contributed by atoms with van der Waals surface area (Å²) in [5, 5.41) is 19.3. The van der Waals surface area contributed by atoms with E-state index in [1.807, 2.05) is 6.07 Å². The molecule has 0 unspecified atom stereocenters. The third kappa shape index (κ3) is 7.20. The lowest BCUT2D eigenvalue weighted by atomic mass is 9.91. The minimum atomic E-state index is 0.353. The van der Waals surface area contributed by atoms with Crippen LogP contribution in [0.3, 0.4) is 0 Å². The first-order valence-corrected chi connectivity index (χ1v) is 12.2. The Labute approximate surface area is 200 Å². The number of methoxy groups -OCH3 is 1. The van der Waals surface area contributed by atoms with Crippen LogP contribution >= 0.6 is 11.6 Å². The van der Waals surface area contributed by atoms with Crippen LogP contribution < -0.4 is 16.0 Å². The van der Waals surface area contributed by atoms with E-state index in [0.29, 0.717) is 34.7 Å². The molecule has 0 atom stereocenters. The van der Waals surface area contributed by atoms with Crippen molar-refractivity contribution in [1.82, 2.24) is 25.5 Å². The van der Waals surface area contributed by atoms with E-state index < -0.39 is 0 Å². The van der Waals surface area contributed by atoms with Gasteiger partial charge in [-0.3, -0.25) is 0 Å². The van der Waals surface area contributed by atoms with Gasteiger partial charge in [0.1, 0.15) is 5.82 Å². The molecular formula is C23H34ClN7O2. The first-order chi connectivity index (χ1) is 16.2. The number of nitrogens with one attached hydrogen (secondary N) is 3. The summed E-state index contributed by atoms with van der Waals surface area (Å²) in [7, 11) is 1.73. The van der Waals surface area contributed by atoms with Crippen molar-refractivity contribution < 1.29 is 9.47 Å². The van der Waals surface area contributed by atoms with Crippen LogP contribution in [-0.4, -0.2) is 72.3 Å². The van der Waals surface area contributed by atoms with Gasteiger partial charge in [-0.1, -0.05) is 11.6 Å². The molecule has 2 fully saturated rings. The first kappa shape index (κ1) is 24.1. The molecular weight excluding hydrogens is 442 g/mol. The number of rotatable bonds is 10. The number of halogens is 1. The van der Waals surface area contributed by atoms with Gasteiger partial charge in [0.05, 0.1) is 29.7 Å². The van der Waals surface area contributed by atoms with E-state index in [2.05, 4.69) is 31.1 Å². The fraction of sp³-hybridized carbons (Fsp3) is 0.652. The Hall–Kier alpha value is -2.07. The van der Waals surface area contributed by atoms with E-state index in [1.54, 1.807) is 19.5 Å². The van der Waals surface area contributed by atoms with E-state index in [9.17, 15) is 0 Å². The van der Waals surface area contributed by atoms with Crippen LogP contribution in [0.25, 0.3) is 11.3 Å². The monoisotopic (exact) mass is 475 g/mol. The molecule has 2 aromatic heterocycles. The Bertz CT molecular complexity index is 874. The minimum absolute atomic E-state index is 0.353. The normalized spacial score (nSPS) is 21.6. The molecule has 0 aromatic carbocycles. The number of aromatic nitrogens is 4. The van der Waals surface area contributed by atoms with Crippen molar-refractivity contribution in [3.8, 4) is 11.3 Å². The lowest BCUT2D eigenvalue weighted by Crippen LogP contribution is -2.38. The standard InChI is InChI=1S/C23H34ClN7O2/c1-32-11-8-25-18-2-4-19(5-3-18)29-23-27-15-20(24)22(30-23)17-12-21(31-28-14-17)26-13-16-6-9-33-10-7-16/h12,14-16,18-19,25H,2-11,13H2,1H3,(H,26,31)(H,27,29,30). The van der Waals surface area contributed by atoms with Gasteiger partial charge in [-0.25, -0.2) is 9.97 Å². The second-order valence-electron chi connectivity index (χ2n) is 8.80. The van der Waals surface area contributed by atoms with Crippen molar-refractivity contribution in [1.29, 1.82) is 0 Å². The van der Waals surface area contributed by atoms with E-state index in [0.717, 1.165) is 82.8 Å². The highest BCUT2D eigenvalue weighted by molar-refractivity contribution is 6.32. The lowest BCUT2D eigenvalue weighted by molar-refractivity contribution is 0.0699. The average Bonchev–Trinajstić information content (AvgIpc) is 2.86. The van der Waals surface area contributed by atoms with Crippen LogP contribution in [-0.2, 0) is 9.47 Å². The van der Waals surface area contributed by atoms with Crippen LogP contribution in [0, 0.1) is 5.92 Å². The highest BCUT2D eigenvalue weighted by atomic mass is 35.5. The van der Waals surface area contributed by atoms with Crippen LogP contribution in [0.1, 0.15) is 38.5 Å². The molecule has 1 aliphatic heterocycles. The number of hydrogen-bond donors (Lipinski definition) is 3. The summed E-state index contributed by atoms with van der Waals surface area (Å²) < 4.78 is 10.6. The zero-order valence-corrected chi connectivity index (χ0v) is 20.0. The highest BCUT2D eigenvalue weighted by Gasteiger charge is 2.22. The summed E-state index contributed by atoms with van der Waals surface area (Å²) >= 11 is 6.45. The zero-order valence-electron chi connectivity index (χ0n) is 19.2. The van der Waals surface area contributed by atoms with E-state index >= 15 is 0 Å². The fourth-order valence-corrected chi connectivity index (χ4v) is 4.61. The SMILES string of the molecule is COCCNC1CCC(Nc2ncc(Cl)c(-c3cnnc(NCC4CCOCC4)c3)n2)CC1. The summed E-state index contributed by atoms with van der Waals surface area (Å²) in [5.41, 5.74) is 1.48. The molecule has 4 rings (SSSR count). The number of ether oxygens (including phenoxy) is 2. The van der Waals surface area contributed by atoms with Crippen molar-refractivity contribution >= 4 is 23.4 Å². The van der Waals surface area contributed by atoms with Crippen molar-refractivity contribution in [2.24, 2.45) is 5.92 Å². The van der Waals surface area contributed by atoms with E-state index in [-0.39, 0.29) is 0 Å². The smallest absolute Gasteiger partial charge is 0.223 e. The van der Waals surface area contributed by atoms with Gasteiger partial charge >= 0.3 is 0 Å². The van der Waals surface area contributed by atoms with E-state index in [4.69, 9.17) is 26.1 Å². The molecule has 0 amide bonds. The molecule has 9 nitrogen and oxygen atoms in total. The molecule has 2 aliphatic rings. The Morgan fingerprint density at radius 2 is 1.88 bits per heavy atom. The summed E-state index contributed by atoms with van der Waals surface area (Å²) in [6, 6.07) is 2.85. The van der Waals surface area contributed by atoms with Gasteiger partial charge in [-0.2, -0.15) is 5.10 Å². The van der Waals surface area contributed by atoms with Gasteiger partial charge in [0.2, 0.25) is 5.95 Å². The first-order valence-electron chi connectivity index (χ1n) is 11.9. The molecule has 0 radical (unpaired) electrons. The summed E-state index contributed by atoms with van der Waals surface area (Å²) in [6.07, 6.45) is 9.87. The summed E-state index contributed by atoms with van der Waals surface area (Å²) in [5.74, 6) is 1.91.